The van der Waals surface area contributed by atoms with Gasteiger partial charge in [0.15, 0.2) is 17.5 Å². The lowest BCUT2D eigenvalue weighted by Crippen LogP contribution is -2.25. The van der Waals surface area contributed by atoms with Crippen LogP contribution in [0.25, 0.3) is 65.8 Å². The summed E-state index contributed by atoms with van der Waals surface area (Å²) in [5.41, 5.74) is 28.4. The summed E-state index contributed by atoms with van der Waals surface area (Å²) in [5.74, 6) is 6.56. The van der Waals surface area contributed by atoms with Crippen LogP contribution in [0.2, 0.25) is 0 Å². The number of ether oxygens (including phenoxy) is 3. The SMILES string of the molecule is C#CC(=O)NCCOCCc1ccc2c(c1)nc(N)c1nc(CCCC)n(Cc3cc(O)ccc3OP(=O)(O)O)c12.C#CC(=O)NCCOCCc1ccc2c(c1)nc(N)c1nc(CCCC)n(Cc3cc(OP(=O)(O)O)ccc3O)c12.C#CC(=O)NCCOCCc1ccc2c(c1)nc(N)c1nc(CCCC)n(Cc3cc(OP(=O)(O)O)ccc3OP(=O)(O)O)c12. The first-order valence-electron chi connectivity index (χ1n) is 39.9. The molecule has 39 nitrogen and oxygen atoms in total. The Morgan fingerprint density at radius 1 is 0.394 bits per heavy atom. The highest BCUT2D eigenvalue weighted by Crippen LogP contribution is 2.46. The van der Waals surface area contributed by atoms with Crippen LogP contribution in [0.15, 0.2) is 109 Å². The Kier molecular flexibility index (Phi) is 33.8. The summed E-state index contributed by atoms with van der Waals surface area (Å²) in [7, 11) is -19.6. The maximum atomic E-state index is 11.7. The van der Waals surface area contributed by atoms with Crippen LogP contribution < -0.4 is 51.2 Å². The number of rotatable bonds is 41. The van der Waals surface area contributed by atoms with Gasteiger partial charge in [-0.2, -0.15) is 0 Å². The van der Waals surface area contributed by atoms with Gasteiger partial charge >= 0.3 is 31.3 Å². The molecule has 6 aromatic carbocycles. The van der Waals surface area contributed by atoms with Crippen molar-refractivity contribution in [1.82, 2.24) is 59.6 Å². The number of anilines is 3. The number of hydrogen-bond donors (Lipinski definition) is 16. The van der Waals surface area contributed by atoms with E-state index in [4.69, 9.17) is 83.7 Å². The quantitative estimate of drug-likeness (QED) is 0.00965. The molecule has 0 atom stereocenters. The third kappa shape index (κ3) is 27.6. The fourth-order valence-corrected chi connectivity index (χ4v) is 15.3. The third-order valence-electron chi connectivity index (χ3n) is 19.4. The van der Waals surface area contributed by atoms with Crippen molar-refractivity contribution in [1.29, 1.82) is 0 Å². The molecule has 0 aliphatic carbocycles. The zero-order valence-corrected chi connectivity index (χ0v) is 72.9. The highest BCUT2D eigenvalue weighted by molar-refractivity contribution is 7.47. The maximum absolute atomic E-state index is 11.7. The Balaban J connectivity index is 0.000000199. The number of unbranched alkanes of at least 4 members (excludes halogenated alkanes) is 3. The molecule has 0 fully saturated rings. The monoisotopic (exact) mass is 1820 g/mol. The number of phenols is 2. The molecule has 0 aliphatic heterocycles. The number of aromatic hydroxyl groups is 2. The molecule has 0 saturated heterocycles. The normalized spacial score (nSPS) is 11.7. The summed E-state index contributed by atoms with van der Waals surface area (Å²) >= 11 is 0. The maximum Gasteiger partial charge on any atom is 0.524 e. The topological polar surface area (TPSA) is 593 Å². The van der Waals surface area contributed by atoms with Crippen molar-refractivity contribution in [3.05, 3.63) is 160 Å². The van der Waals surface area contributed by atoms with E-state index < -0.39 is 49.0 Å². The van der Waals surface area contributed by atoms with Gasteiger partial charge in [0.2, 0.25) is 0 Å². The lowest BCUT2D eigenvalue weighted by Gasteiger charge is -2.17. The van der Waals surface area contributed by atoms with Gasteiger partial charge in [-0.3, -0.25) is 53.5 Å². The molecule has 12 rings (SSSR count). The number of nitrogens with zero attached hydrogens (tertiary/aromatic N) is 9. The minimum absolute atomic E-state index is 0.0492. The Hall–Kier alpha value is -12.3. The average Bonchev–Trinajstić information content (AvgIpc) is 1.62. The fourth-order valence-electron chi connectivity index (χ4n) is 13.7. The van der Waals surface area contributed by atoms with Crippen molar-refractivity contribution in [3.63, 3.8) is 0 Å². The summed E-state index contributed by atoms with van der Waals surface area (Å²) in [6, 6.07) is 28.9. The number of aryl methyl sites for hydroxylation is 3. The van der Waals surface area contributed by atoms with Crippen molar-refractivity contribution < 1.29 is 114 Å². The predicted octanol–water partition coefficient (Wildman–Crippen LogP) is 8.90. The van der Waals surface area contributed by atoms with Gasteiger partial charge < -0.3 is 89.4 Å². The van der Waals surface area contributed by atoms with Crippen molar-refractivity contribution in [3.8, 4) is 71.5 Å². The Bertz CT molecular complexity index is 6360. The number of nitrogen functional groups attached to an aromatic ring is 3. The van der Waals surface area contributed by atoms with Crippen LogP contribution in [0.4, 0.5) is 17.5 Å². The van der Waals surface area contributed by atoms with E-state index in [-0.39, 0.29) is 83.7 Å². The van der Waals surface area contributed by atoms with Crippen LogP contribution in [0, 0.1) is 37.0 Å². The van der Waals surface area contributed by atoms with E-state index in [0.29, 0.717) is 152 Å². The predicted molar refractivity (Wildman–Crippen MR) is 474 cm³/mol. The van der Waals surface area contributed by atoms with Gasteiger partial charge in [0.05, 0.1) is 92.4 Å². The van der Waals surface area contributed by atoms with Crippen molar-refractivity contribution in [2.45, 2.75) is 117 Å². The zero-order chi connectivity index (χ0) is 91.9. The number of carbonyl (C=O) groups excluding carboxylic acids is 3. The first kappa shape index (κ1) is 96.9. The molecule has 0 saturated carbocycles. The Morgan fingerprint density at radius 2 is 0.709 bits per heavy atom. The smallest absolute Gasteiger partial charge is 0.508 e. The molecule has 0 bridgehead atoms. The molecule has 0 radical (unpaired) electrons. The number of aromatic nitrogens is 9. The van der Waals surface area contributed by atoms with Crippen LogP contribution in [-0.4, -0.2) is 170 Å². The van der Waals surface area contributed by atoms with E-state index >= 15 is 0 Å². The number of terminal acetylenes is 3. The highest BCUT2D eigenvalue weighted by atomic mass is 31.2. The second kappa shape index (κ2) is 44.2. The van der Waals surface area contributed by atoms with Gasteiger partial charge in [-0.15, -0.1) is 19.3 Å². The van der Waals surface area contributed by atoms with E-state index in [1.807, 2.05) is 93.0 Å². The lowest BCUT2D eigenvalue weighted by molar-refractivity contribution is -0.116. The number of phosphoric ester groups is 4. The number of nitrogens with two attached hydrogens (primary N) is 3. The highest BCUT2D eigenvalue weighted by Gasteiger charge is 2.28. The number of imidazole rings is 3. The molecular weight excluding hydrogens is 1730 g/mol. The summed E-state index contributed by atoms with van der Waals surface area (Å²) in [6.45, 7) is 9.49. The Morgan fingerprint density at radius 3 is 1.04 bits per heavy atom. The van der Waals surface area contributed by atoms with Gasteiger partial charge in [0.1, 0.15) is 68.5 Å². The molecule has 0 unspecified atom stereocenters. The zero-order valence-electron chi connectivity index (χ0n) is 69.3. The standard InChI is InChI=1S/C28H33N5O10P2.2C28H32N5O7P/c1-3-5-6-24-32-26-27(33(24)17-19-16-20(42-44(35,36)37)8-10-23(19)43-45(38,39)40)21-9-7-18(15-22(21)31-28(26)29)11-13-41-14-12-30-25(34)4-2;1-3-5-6-24-32-26-27(33(24)17-19-16-20(8-10-23(19)34)40-41(36,37)38)21-9-7-18(15-22(21)31-28(26)29)11-13-39-14-12-30-25(35)4-2;1-3-5-6-24-32-26-27(33(24)17-19-16-20(34)8-10-23(19)40-41(36,37)38)21-9-7-18(15-22(21)31-28(26)29)11-13-39-14-12-30-25(35)4-2/h2,7-10,15-16H,3,5-6,11-14,17H2,1H3,(H2,29,31)(H,30,34)(H2,35,36,37)(H2,38,39,40);2*2,7-10,15-16,34H,3,5-6,11-14,17H2,1H3,(H2,29,31)(H,30,35)(H2,36,37,38). The summed E-state index contributed by atoms with van der Waals surface area (Å²) in [5, 5.41) is 30.7. The summed E-state index contributed by atoms with van der Waals surface area (Å²) < 4.78 is 88.0. The van der Waals surface area contributed by atoms with Crippen molar-refractivity contribution in [2.75, 3.05) is 76.5 Å². The van der Waals surface area contributed by atoms with Gasteiger partial charge in [0, 0.05) is 71.7 Å². The Labute approximate surface area is 728 Å². The number of phenolic OH excluding ortho intramolecular Hbond substituents is 2. The van der Waals surface area contributed by atoms with Gasteiger partial charge in [-0.25, -0.2) is 48.2 Å². The molecule has 43 heteroatoms. The second-order valence-electron chi connectivity index (χ2n) is 28.8. The van der Waals surface area contributed by atoms with Crippen LogP contribution in [-0.2, 0) is 105 Å². The van der Waals surface area contributed by atoms with E-state index in [0.717, 1.165) is 101 Å². The molecule has 0 aliphatic rings. The molecule has 6 heterocycles. The summed E-state index contributed by atoms with van der Waals surface area (Å²) in [4.78, 5) is 136. The number of fused-ring (bicyclic) bond motifs is 9. The van der Waals surface area contributed by atoms with Gasteiger partial charge in [0.25, 0.3) is 17.7 Å². The van der Waals surface area contributed by atoms with Crippen molar-refractivity contribution >= 4 is 132 Å². The van der Waals surface area contributed by atoms with E-state index in [2.05, 4.69) is 44.7 Å². The van der Waals surface area contributed by atoms with Crippen LogP contribution in [0.1, 0.15) is 110 Å². The number of pyridine rings is 3. The van der Waals surface area contributed by atoms with Gasteiger partial charge in [-0.05, 0) is 146 Å². The molecule has 19 N–H and O–H groups in total. The van der Waals surface area contributed by atoms with Crippen LogP contribution in [0.3, 0.4) is 0 Å². The van der Waals surface area contributed by atoms with Crippen molar-refractivity contribution in [2.24, 2.45) is 0 Å². The minimum atomic E-state index is -5.00. The molecular formula is C84H97N15O24P4. The molecule has 12 aromatic rings. The molecule has 672 valence electrons. The second-order valence-corrected chi connectivity index (χ2v) is 33.4. The summed E-state index contributed by atoms with van der Waals surface area (Å²) in [6.07, 6.45) is 23.9. The molecule has 3 amide bonds. The fraction of sp³-hybridized carbons (Fsp3) is 0.321. The third-order valence-corrected chi connectivity index (χ3v) is 21.2. The number of hydrogen-bond acceptors (Lipinski definition) is 25. The number of nitrogens with one attached hydrogen (secondary N) is 3. The molecule has 127 heavy (non-hydrogen) atoms. The van der Waals surface area contributed by atoms with Gasteiger partial charge in [-0.1, -0.05) is 76.4 Å². The first-order valence-corrected chi connectivity index (χ1v) is 46.0. The molecule has 0 spiro atoms. The van der Waals surface area contributed by atoms with Crippen LogP contribution >= 0.6 is 31.3 Å². The average molecular weight is 1820 g/mol. The van der Waals surface area contributed by atoms with Crippen LogP contribution in [0.5, 0.6) is 34.5 Å². The largest absolute Gasteiger partial charge is 0.524 e. The number of carbonyl (C=O) groups is 3. The van der Waals surface area contributed by atoms with E-state index in [9.17, 15) is 82.0 Å². The van der Waals surface area contributed by atoms with E-state index in [1.54, 1.807) is 0 Å². The minimum Gasteiger partial charge on any atom is -0.508 e. The lowest BCUT2D eigenvalue weighted by atomic mass is 10.1. The number of phosphoric acid groups is 4. The van der Waals surface area contributed by atoms with E-state index in [1.165, 1.54) is 42.5 Å². The number of amides is 3. The molecule has 6 aromatic heterocycles. The number of benzene rings is 6. The first-order chi connectivity index (χ1) is 60.5.